The van der Waals surface area contributed by atoms with Crippen LogP contribution in [0.2, 0.25) is 0 Å². The predicted molar refractivity (Wildman–Crippen MR) is 41.8 cm³/mol. The standard InChI is InChI=1S/C6H12O3S/c1-2-6(9)10-4-5(8)3-7/h2,5-9H,1,3-4H2. The van der Waals surface area contributed by atoms with Crippen LogP contribution in [-0.2, 0) is 0 Å². The van der Waals surface area contributed by atoms with Crippen molar-refractivity contribution in [1.82, 2.24) is 0 Å². The molecule has 0 saturated carbocycles. The van der Waals surface area contributed by atoms with Crippen LogP contribution in [0.15, 0.2) is 12.7 Å². The van der Waals surface area contributed by atoms with Crippen molar-refractivity contribution in [1.29, 1.82) is 0 Å². The molecule has 10 heavy (non-hydrogen) atoms. The molecule has 0 aromatic rings. The molecule has 2 atom stereocenters. The van der Waals surface area contributed by atoms with Crippen LogP contribution in [0.4, 0.5) is 0 Å². The first kappa shape index (κ1) is 9.97. The van der Waals surface area contributed by atoms with E-state index in [9.17, 15) is 0 Å². The molecule has 4 heteroatoms. The molecular weight excluding hydrogens is 152 g/mol. The Morgan fingerprint density at radius 1 is 1.50 bits per heavy atom. The van der Waals surface area contributed by atoms with Crippen LogP contribution in [0.25, 0.3) is 0 Å². The maximum absolute atomic E-state index is 8.85. The Kier molecular flexibility index (Phi) is 5.71. The summed E-state index contributed by atoms with van der Waals surface area (Å²) < 4.78 is 0. The molecule has 0 saturated heterocycles. The summed E-state index contributed by atoms with van der Waals surface area (Å²) >= 11 is 1.14. The molecule has 0 aliphatic carbocycles. The van der Waals surface area contributed by atoms with Gasteiger partial charge in [0.05, 0.1) is 12.7 Å². The van der Waals surface area contributed by atoms with Gasteiger partial charge in [-0.15, -0.1) is 11.8 Å². The second-order valence-electron chi connectivity index (χ2n) is 1.80. The topological polar surface area (TPSA) is 60.7 Å². The van der Waals surface area contributed by atoms with Crippen LogP contribution in [0.5, 0.6) is 0 Å². The fraction of sp³-hybridized carbons (Fsp3) is 0.667. The van der Waals surface area contributed by atoms with E-state index in [1.807, 2.05) is 0 Å². The summed E-state index contributed by atoms with van der Waals surface area (Å²) in [5.41, 5.74) is -0.652. The number of aliphatic hydroxyl groups excluding tert-OH is 3. The maximum Gasteiger partial charge on any atom is 0.118 e. The first-order chi connectivity index (χ1) is 4.70. The normalized spacial score (nSPS) is 16.3. The summed E-state index contributed by atoms with van der Waals surface area (Å²) in [7, 11) is 0. The van der Waals surface area contributed by atoms with Crippen LogP contribution in [0.3, 0.4) is 0 Å². The van der Waals surface area contributed by atoms with E-state index in [-0.39, 0.29) is 6.61 Å². The largest absolute Gasteiger partial charge is 0.394 e. The Hall–Kier alpha value is -0.0300. The van der Waals surface area contributed by atoms with Crippen LogP contribution in [-0.4, -0.2) is 39.2 Å². The van der Waals surface area contributed by atoms with Crippen molar-refractivity contribution < 1.29 is 15.3 Å². The minimum absolute atomic E-state index is 0.267. The van der Waals surface area contributed by atoms with Crippen molar-refractivity contribution in [3.63, 3.8) is 0 Å². The van der Waals surface area contributed by atoms with Gasteiger partial charge in [-0.2, -0.15) is 0 Å². The van der Waals surface area contributed by atoms with Gasteiger partial charge in [0.15, 0.2) is 0 Å². The Balaban J connectivity index is 3.25. The summed E-state index contributed by atoms with van der Waals surface area (Å²) in [5.74, 6) is 0.323. The highest BCUT2D eigenvalue weighted by Crippen LogP contribution is 2.09. The average molecular weight is 164 g/mol. The highest BCUT2D eigenvalue weighted by atomic mass is 32.2. The number of thioether (sulfide) groups is 1. The van der Waals surface area contributed by atoms with E-state index in [4.69, 9.17) is 15.3 Å². The molecule has 0 bridgehead atoms. The summed E-state index contributed by atoms with van der Waals surface area (Å²) in [4.78, 5) is 0. The Morgan fingerprint density at radius 2 is 2.10 bits per heavy atom. The van der Waals surface area contributed by atoms with E-state index in [1.165, 1.54) is 6.08 Å². The third kappa shape index (κ3) is 4.81. The molecule has 0 amide bonds. The minimum atomic E-state index is -0.750. The van der Waals surface area contributed by atoms with Crippen molar-refractivity contribution in [2.45, 2.75) is 11.5 Å². The molecule has 0 aromatic heterocycles. The smallest absolute Gasteiger partial charge is 0.118 e. The summed E-state index contributed by atoms with van der Waals surface area (Å²) in [5, 5.41) is 26.0. The van der Waals surface area contributed by atoms with Crippen molar-refractivity contribution in [3.8, 4) is 0 Å². The second kappa shape index (κ2) is 5.73. The zero-order chi connectivity index (χ0) is 7.98. The van der Waals surface area contributed by atoms with E-state index in [0.29, 0.717) is 5.75 Å². The van der Waals surface area contributed by atoms with Crippen LogP contribution in [0.1, 0.15) is 0 Å². The van der Waals surface area contributed by atoms with Gasteiger partial charge in [-0.05, 0) is 0 Å². The lowest BCUT2D eigenvalue weighted by molar-refractivity contribution is 0.113. The number of rotatable bonds is 5. The molecule has 3 N–H and O–H groups in total. The molecule has 60 valence electrons. The van der Waals surface area contributed by atoms with Crippen molar-refractivity contribution in [2.24, 2.45) is 0 Å². The van der Waals surface area contributed by atoms with Crippen molar-refractivity contribution in [2.75, 3.05) is 12.4 Å². The molecule has 0 spiro atoms. The average Bonchev–Trinajstić information content (AvgIpc) is 1.99. The SMILES string of the molecule is C=CC(O)SCC(O)CO. The van der Waals surface area contributed by atoms with Gasteiger partial charge < -0.3 is 15.3 Å². The van der Waals surface area contributed by atoms with E-state index in [2.05, 4.69) is 6.58 Å². The van der Waals surface area contributed by atoms with Gasteiger partial charge in [0.2, 0.25) is 0 Å². The summed E-state index contributed by atoms with van der Waals surface area (Å²) in [6.07, 6.45) is 0.619. The third-order valence-corrected chi connectivity index (χ3v) is 1.98. The lowest BCUT2D eigenvalue weighted by Gasteiger charge is -2.07. The zero-order valence-electron chi connectivity index (χ0n) is 5.60. The molecule has 2 unspecified atom stereocenters. The second-order valence-corrected chi connectivity index (χ2v) is 2.95. The quantitative estimate of drug-likeness (QED) is 0.381. The van der Waals surface area contributed by atoms with Crippen LogP contribution in [0, 0.1) is 0 Å². The van der Waals surface area contributed by atoms with Crippen LogP contribution < -0.4 is 0 Å². The molecule has 0 radical (unpaired) electrons. The van der Waals surface area contributed by atoms with E-state index in [0.717, 1.165) is 11.8 Å². The third-order valence-electron chi connectivity index (χ3n) is 0.872. The predicted octanol–water partition coefficient (Wildman–Crippen LogP) is -0.423. The molecule has 0 aliphatic rings. The molecule has 0 fully saturated rings. The van der Waals surface area contributed by atoms with Crippen LogP contribution >= 0.6 is 11.8 Å². The highest BCUT2D eigenvalue weighted by molar-refractivity contribution is 7.99. The van der Waals surface area contributed by atoms with E-state index < -0.39 is 11.5 Å². The monoisotopic (exact) mass is 164 g/mol. The fourth-order valence-corrected chi connectivity index (χ4v) is 0.991. The van der Waals surface area contributed by atoms with Crippen molar-refractivity contribution >= 4 is 11.8 Å². The molecule has 0 rings (SSSR count). The lowest BCUT2D eigenvalue weighted by atomic mass is 10.4. The van der Waals surface area contributed by atoms with Gasteiger partial charge in [-0.25, -0.2) is 0 Å². The Labute approximate surface area is 64.4 Å². The zero-order valence-corrected chi connectivity index (χ0v) is 6.42. The molecule has 0 aromatic carbocycles. The molecule has 0 aliphatic heterocycles. The maximum atomic E-state index is 8.85. The number of aliphatic hydroxyl groups is 3. The molecule has 0 heterocycles. The number of hydrogen-bond donors (Lipinski definition) is 3. The lowest BCUT2D eigenvalue weighted by Crippen LogP contribution is -2.16. The van der Waals surface area contributed by atoms with Gasteiger partial charge in [-0.3, -0.25) is 0 Å². The van der Waals surface area contributed by atoms with Gasteiger partial charge in [0, 0.05) is 5.75 Å². The molecular formula is C6H12O3S. The first-order valence-corrected chi connectivity index (χ1v) is 3.96. The van der Waals surface area contributed by atoms with Gasteiger partial charge in [0.25, 0.3) is 0 Å². The first-order valence-electron chi connectivity index (χ1n) is 2.92. The van der Waals surface area contributed by atoms with Gasteiger partial charge in [0.1, 0.15) is 5.44 Å². The Morgan fingerprint density at radius 3 is 2.50 bits per heavy atom. The molecule has 3 nitrogen and oxygen atoms in total. The number of hydrogen-bond acceptors (Lipinski definition) is 4. The summed E-state index contributed by atoms with van der Waals surface area (Å²) in [6.45, 7) is 3.08. The summed E-state index contributed by atoms with van der Waals surface area (Å²) in [6, 6.07) is 0. The van der Waals surface area contributed by atoms with Gasteiger partial charge in [-0.1, -0.05) is 12.7 Å². The van der Waals surface area contributed by atoms with E-state index in [1.54, 1.807) is 0 Å². The van der Waals surface area contributed by atoms with Crippen molar-refractivity contribution in [3.05, 3.63) is 12.7 Å². The Bertz CT molecular complexity index is 97.0. The highest BCUT2D eigenvalue weighted by Gasteiger charge is 2.04. The van der Waals surface area contributed by atoms with Gasteiger partial charge >= 0.3 is 0 Å². The van der Waals surface area contributed by atoms with E-state index >= 15 is 0 Å². The minimum Gasteiger partial charge on any atom is -0.394 e. The fourth-order valence-electron chi connectivity index (χ4n) is 0.330.